The van der Waals surface area contributed by atoms with Crippen LogP contribution in [-0.4, -0.2) is 47.7 Å². The molecule has 0 aliphatic carbocycles. The summed E-state index contributed by atoms with van der Waals surface area (Å²) >= 11 is 0. The fourth-order valence-electron chi connectivity index (χ4n) is 3.58. The van der Waals surface area contributed by atoms with Crippen LogP contribution in [0.2, 0.25) is 0 Å². The minimum Gasteiger partial charge on any atom is -0.335 e. The van der Waals surface area contributed by atoms with Crippen LogP contribution in [0.15, 0.2) is 42.6 Å². The van der Waals surface area contributed by atoms with E-state index in [9.17, 15) is 14.4 Å². The number of benzene rings is 1. The number of hydrogen-bond donors (Lipinski definition) is 2. The zero-order chi connectivity index (χ0) is 19.7. The Hall–Kier alpha value is -3.42. The van der Waals surface area contributed by atoms with E-state index in [1.54, 1.807) is 35.4 Å². The van der Waals surface area contributed by atoms with E-state index in [1.807, 2.05) is 24.1 Å². The van der Waals surface area contributed by atoms with Gasteiger partial charge in [-0.05, 0) is 36.2 Å². The molecule has 1 aromatic carbocycles. The normalized spacial score (nSPS) is 18.7. The molecule has 0 bridgehead atoms. The number of rotatable bonds is 4. The van der Waals surface area contributed by atoms with Gasteiger partial charge in [-0.1, -0.05) is 12.1 Å². The SMILES string of the molecule is CN1c2ncccc2C(=O)N[C@H]1c1ccc(NC(=O)CN2CCCC2=O)cc1. The summed E-state index contributed by atoms with van der Waals surface area (Å²) in [5, 5.41) is 5.78. The molecule has 1 saturated heterocycles. The Morgan fingerprint density at radius 2 is 2.04 bits per heavy atom. The molecule has 0 saturated carbocycles. The maximum absolute atomic E-state index is 12.4. The van der Waals surface area contributed by atoms with Gasteiger partial charge in [0.05, 0.1) is 12.1 Å². The highest BCUT2D eigenvalue weighted by molar-refractivity contribution is 6.01. The predicted octanol–water partition coefficient (Wildman–Crippen LogP) is 1.52. The largest absolute Gasteiger partial charge is 0.335 e. The molecule has 4 rings (SSSR count). The lowest BCUT2D eigenvalue weighted by atomic mass is 10.1. The molecule has 2 aliphatic heterocycles. The van der Waals surface area contributed by atoms with E-state index in [2.05, 4.69) is 15.6 Å². The van der Waals surface area contributed by atoms with Gasteiger partial charge in [-0.2, -0.15) is 0 Å². The molecule has 0 unspecified atom stereocenters. The standard InChI is InChI=1S/C20H21N5O3/c1-24-18(23-20(28)15-4-2-10-21-19(15)24)13-6-8-14(9-7-13)22-16(26)12-25-11-3-5-17(25)27/h2,4,6-10,18H,3,5,11-12H2,1H3,(H,22,26)(H,23,28)/t18-/m1/s1. The zero-order valence-corrected chi connectivity index (χ0v) is 15.5. The Morgan fingerprint density at radius 3 is 2.75 bits per heavy atom. The molecule has 1 atom stereocenters. The van der Waals surface area contributed by atoms with Crippen molar-refractivity contribution in [2.75, 3.05) is 30.4 Å². The maximum atomic E-state index is 12.4. The van der Waals surface area contributed by atoms with Gasteiger partial charge in [-0.3, -0.25) is 14.4 Å². The van der Waals surface area contributed by atoms with Crippen LogP contribution in [0.3, 0.4) is 0 Å². The molecule has 1 aromatic heterocycles. The van der Waals surface area contributed by atoms with E-state index in [-0.39, 0.29) is 30.4 Å². The highest BCUT2D eigenvalue weighted by Gasteiger charge is 2.30. The molecular weight excluding hydrogens is 358 g/mol. The number of carbonyl (C=O) groups is 3. The lowest BCUT2D eigenvalue weighted by Crippen LogP contribution is -2.45. The number of amides is 3. The van der Waals surface area contributed by atoms with Gasteiger partial charge in [0.25, 0.3) is 5.91 Å². The fourth-order valence-corrected chi connectivity index (χ4v) is 3.58. The molecular formula is C20H21N5O3. The average molecular weight is 379 g/mol. The first-order valence-corrected chi connectivity index (χ1v) is 9.19. The Balaban J connectivity index is 1.44. The molecule has 8 nitrogen and oxygen atoms in total. The van der Waals surface area contributed by atoms with Gasteiger partial charge < -0.3 is 20.4 Å². The summed E-state index contributed by atoms with van der Waals surface area (Å²) in [7, 11) is 1.87. The van der Waals surface area contributed by atoms with Crippen molar-refractivity contribution in [1.29, 1.82) is 0 Å². The topological polar surface area (TPSA) is 94.6 Å². The van der Waals surface area contributed by atoms with E-state index in [1.165, 1.54) is 0 Å². The zero-order valence-electron chi connectivity index (χ0n) is 15.5. The van der Waals surface area contributed by atoms with Crippen LogP contribution in [-0.2, 0) is 9.59 Å². The summed E-state index contributed by atoms with van der Waals surface area (Å²) < 4.78 is 0. The summed E-state index contributed by atoms with van der Waals surface area (Å²) in [6.07, 6.45) is 2.64. The van der Waals surface area contributed by atoms with Crippen LogP contribution in [0.5, 0.6) is 0 Å². The highest BCUT2D eigenvalue weighted by atomic mass is 16.2. The number of pyridine rings is 1. The van der Waals surface area contributed by atoms with Crippen molar-refractivity contribution in [2.24, 2.45) is 0 Å². The third-order valence-corrected chi connectivity index (χ3v) is 5.04. The second-order valence-electron chi connectivity index (χ2n) is 6.95. The van der Waals surface area contributed by atoms with Gasteiger partial charge in [-0.25, -0.2) is 4.98 Å². The molecule has 3 amide bonds. The van der Waals surface area contributed by atoms with E-state index >= 15 is 0 Å². The van der Waals surface area contributed by atoms with Crippen molar-refractivity contribution in [3.63, 3.8) is 0 Å². The lowest BCUT2D eigenvalue weighted by molar-refractivity contribution is -0.131. The first-order valence-electron chi connectivity index (χ1n) is 9.19. The summed E-state index contributed by atoms with van der Waals surface area (Å²) in [5.74, 6) is 0.266. The van der Waals surface area contributed by atoms with Crippen molar-refractivity contribution in [2.45, 2.75) is 19.0 Å². The van der Waals surface area contributed by atoms with Gasteiger partial charge in [0.15, 0.2) is 0 Å². The Kier molecular flexibility index (Phi) is 4.68. The number of aromatic nitrogens is 1. The molecule has 144 valence electrons. The van der Waals surface area contributed by atoms with Gasteiger partial charge in [0.2, 0.25) is 11.8 Å². The van der Waals surface area contributed by atoms with E-state index in [4.69, 9.17) is 0 Å². The van der Waals surface area contributed by atoms with Gasteiger partial charge in [0, 0.05) is 31.9 Å². The summed E-state index contributed by atoms with van der Waals surface area (Å²) in [6, 6.07) is 10.8. The van der Waals surface area contributed by atoms with Crippen LogP contribution in [0, 0.1) is 0 Å². The Bertz CT molecular complexity index is 928. The van der Waals surface area contributed by atoms with Gasteiger partial charge in [-0.15, -0.1) is 0 Å². The van der Waals surface area contributed by atoms with Crippen molar-refractivity contribution in [3.8, 4) is 0 Å². The molecule has 1 fully saturated rings. The second kappa shape index (κ2) is 7.30. The molecule has 8 heteroatoms. The smallest absolute Gasteiger partial charge is 0.256 e. The fraction of sp³-hybridized carbons (Fsp3) is 0.300. The van der Waals surface area contributed by atoms with E-state index in [0.717, 1.165) is 12.0 Å². The Morgan fingerprint density at radius 1 is 1.25 bits per heavy atom. The van der Waals surface area contributed by atoms with Crippen molar-refractivity contribution >= 4 is 29.2 Å². The molecule has 2 aromatic rings. The molecule has 0 spiro atoms. The van der Waals surface area contributed by atoms with Crippen molar-refractivity contribution in [1.82, 2.24) is 15.2 Å². The monoisotopic (exact) mass is 379 g/mol. The third kappa shape index (κ3) is 3.40. The molecule has 3 heterocycles. The Labute approximate surface area is 162 Å². The van der Waals surface area contributed by atoms with E-state index in [0.29, 0.717) is 30.0 Å². The minimum atomic E-state index is -0.345. The number of fused-ring (bicyclic) bond motifs is 1. The number of likely N-dealkylation sites (tertiary alicyclic amines) is 1. The molecule has 2 N–H and O–H groups in total. The summed E-state index contributed by atoms with van der Waals surface area (Å²) in [4.78, 5) is 43.9. The second-order valence-corrected chi connectivity index (χ2v) is 6.95. The maximum Gasteiger partial charge on any atom is 0.256 e. The van der Waals surface area contributed by atoms with Crippen LogP contribution in [0.25, 0.3) is 0 Å². The number of nitrogens with zero attached hydrogens (tertiary/aromatic N) is 3. The lowest BCUT2D eigenvalue weighted by Gasteiger charge is -2.35. The van der Waals surface area contributed by atoms with Crippen molar-refractivity contribution < 1.29 is 14.4 Å². The number of nitrogens with one attached hydrogen (secondary N) is 2. The highest BCUT2D eigenvalue weighted by Crippen LogP contribution is 2.30. The molecule has 28 heavy (non-hydrogen) atoms. The van der Waals surface area contributed by atoms with Crippen LogP contribution >= 0.6 is 0 Å². The quantitative estimate of drug-likeness (QED) is 0.840. The minimum absolute atomic E-state index is 0.0236. The first-order chi connectivity index (χ1) is 13.5. The van der Waals surface area contributed by atoms with Gasteiger partial charge >= 0.3 is 0 Å². The molecule has 0 radical (unpaired) electrons. The summed E-state index contributed by atoms with van der Waals surface area (Å²) in [6.45, 7) is 0.707. The predicted molar refractivity (Wildman–Crippen MR) is 104 cm³/mol. The third-order valence-electron chi connectivity index (χ3n) is 5.04. The van der Waals surface area contributed by atoms with E-state index < -0.39 is 0 Å². The number of carbonyl (C=O) groups excluding carboxylic acids is 3. The van der Waals surface area contributed by atoms with Crippen molar-refractivity contribution in [3.05, 3.63) is 53.7 Å². The number of hydrogen-bond acceptors (Lipinski definition) is 5. The van der Waals surface area contributed by atoms with Crippen LogP contribution < -0.4 is 15.5 Å². The number of anilines is 2. The van der Waals surface area contributed by atoms with Crippen LogP contribution in [0.1, 0.15) is 34.9 Å². The molecule has 2 aliphatic rings. The van der Waals surface area contributed by atoms with Crippen LogP contribution in [0.4, 0.5) is 11.5 Å². The first kappa shape index (κ1) is 18.0. The summed E-state index contributed by atoms with van der Waals surface area (Å²) in [5.41, 5.74) is 2.06. The van der Waals surface area contributed by atoms with Gasteiger partial charge in [0.1, 0.15) is 12.0 Å². The average Bonchev–Trinajstić information content (AvgIpc) is 3.10.